The maximum absolute atomic E-state index is 6.78. The number of ether oxygens (including phenoxy) is 1. The van der Waals surface area contributed by atoms with E-state index in [0.717, 1.165) is 62.0 Å². The molecule has 0 saturated carbocycles. The van der Waals surface area contributed by atoms with E-state index in [1.54, 1.807) is 0 Å². The molecular weight excluding hydrogens is 767 g/mol. The van der Waals surface area contributed by atoms with E-state index in [9.17, 15) is 0 Å². The summed E-state index contributed by atoms with van der Waals surface area (Å²) in [7, 11) is 0. The summed E-state index contributed by atoms with van der Waals surface area (Å²) in [6, 6.07) is 71.6. The Balaban J connectivity index is 0.937. The third kappa shape index (κ3) is 5.41. The first-order valence-electron chi connectivity index (χ1n) is 21.7. The highest BCUT2D eigenvalue weighted by Gasteiger charge is 2.56. The summed E-state index contributed by atoms with van der Waals surface area (Å²) in [6.45, 7) is 0. The minimum absolute atomic E-state index is 0.179. The molecule has 0 bridgehead atoms. The van der Waals surface area contributed by atoms with Crippen molar-refractivity contribution in [3.63, 3.8) is 0 Å². The number of aromatic nitrogens is 3. The van der Waals surface area contributed by atoms with Crippen LogP contribution in [0.25, 0.3) is 72.5 Å². The van der Waals surface area contributed by atoms with Crippen LogP contribution in [0.15, 0.2) is 224 Å². The fraction of sp³-hybridized carbons (Fsp3) is 0.0508. The zero-order valence-corrected chi connectivity index (χ0v) is 34.3. The van der Waals surface area contributed by atoms with Gasteiger partial charge in [-0.15, -0.1) is 0 Å². The second kappa shape index (κ2) is 14.0. The molecule has 8 aromatic carbocycles. The van der Waals surface area contributed by atoms with Crippen molar-refractivity contribution in [2.75, 3.05) is 0 Å². The molecule has 63 heavy (non-hydrogen) atoms. The molecule has 13 rings (SSSR count). The van der Waals surface area contributed by atoms with Gasteiger partial charge in [-0.2, -0.15) is 0 Å². The van der Waals surface area contributed by atoms with Gasteiger partial charge in [-0.1, -0.05) is 164 Å². The van der Waals surface area contributed by atoms with Gasteiger partial charge in [0.25, 0.3) is 0 Å². The Morgan fingerprint density at radius 3 is 1.83 bits per heavy atom. The molecule has 1 aliphatic heterocycles. The molecule has 3 heterocycles. The Morgan fingerprint density at radius 1 is 0.429 bits per heavy atom. The van der Waals surface area contributed by atoms with Crippen LogP contribution in [0.1, 0.15) is 28.2 Å². The molecule has 0 radical (unpaired) electrons. The minimum atomic E-state index is -0.452. The van der Waals surface area contributed by atoms with Gasteiger partial charge in [0.1, 0.15) is 11.5 Å². The number of hydrogen-bond donors (Lipinski definition) is 0. The summed E-state index contributed by atoms with van der Waals surface area (Å²) >= 11 is 0. The molecule has 0 N–H and O–H groups in total. The van der Waals surface area contributed by atoms with Crippen LogP contribution < -0.4 is 4.74 Å². The number of para-hydroxylation sites is 3. The molecule has 3 atom stereocenters. The maximum atomic E-state index is 6.78. The summed E-state index contributed by atoms with van der Waals surface area (Å²) in [5, 5.41) is 2.52. The van der Waals surface area contributed by atoms with E-state index in [4.69, 9.17) is 14.7 Å². The van der Waals surface area contributed by atoms with Crippen LogP contribution in [0.3, 0.4) is 0 Å². The van der Waals surface area contributed by atoms with Gasteiger partial charge in [-0.3, -0.25) is 0 Å². The van der Waals surface area contributed by atoms with Crippen molar-refractivity contribution in [1.82, 2.24) is 14.5 Å². The van der Waals surface area contributed by atoms with Crippen LogP contribution in [0, 0.1) is 5.92 Å². The molecule has 10 aromatic rings. The van der Waals surface area contributed by atoms with Crippen molar-refractivity contribution in [2.45, 2.75) is 11.3 Å². The number of hydrogen-bond acceptors (Lipinski definition) is 3. The van der Waals surface area contributed by atoms with Crippen LogP contribution in [-0.4, -0.2) is 14.5 Å². The first-order valence-corrected chi connectivity index (χ1v) is 21.7. The highest BCUT2D eigenvalue weighted by atomic mass is 16.5. The second-order valence-corrected chi connectivity index (χ2v) is 16.9. The zero-order valence-electron chi connectivity index (χ0n) is 34.3. The van der Waals surface area contributed by atoms with Crippen LogP contribution >= 0.6 is 0 Å². The Morgan fingerprint density at radius 2 is 1.03 bits per heavy atom. The lowest BCUT2D eigenvalue weighted by Gasteiger charge is -2.43. The standard InChI is InChI=1S/C59H39N3O/c1-2-15-39(16-3-1)58-60-52(41-18-14-17-40(35-41)38-29-32-43(33-30-38)62-54-26-11-6-21-46(54)47-22-7-12-27-55(47)62)37-53(61-58)42-31-34-57-51(36-42)59(50-25-10-13-28-56(50)63-57)48-23-8-4-19-44(48)45-20-5-9-24-49(45)59/h1-37,44,48H. The molecule has 0 saturated heterocycles. The molecule has 0 amide bonds. The summed E-state index contributed by atoms with van der Waals surface area (Å²) < 4.78 is 9.14. The molecule has 4 heteroatoms. The van der Waals surface area contributed by atoms with Gasteiger partial charge < -0.3 is 9.30 Å². The first-order chi connectivity index (χ1) is 31.2. The van der Waals surface area contributed by atoms with E-state index in [1.807, 2.05) is 18.2 Å². The Labute approximate surface area is 365 Å². The molecule has 1 spiro atoms. The van der Waals surface area contributed by atoms with Crippen molar-refractivity contribution in [3.05, 3.63) is 247 Å². The van der Waals surface area contributed by atoms with Gasteiger partial charge >= 0.3 is 0 Å². The molecule has 4 nitrogen and oxygen atoms in total. The maximum Gasteiger partial charge on any atom is 0.160 e. The third-order valence-electron chi connectivity index (χ3n) is 13.6. The van der Waals surface area contributed by atoms with Crippen LogP contribution in [-0.2, 0) is 5.41 Å². The highest BCUT2D eigenvalue weighted by molar-refractivity contribution is 6.09. The summed E-state index contributed by atoms with van der Waals surface area (Å²) in [5.41, 5.74) is 15.1. The van der Waals surface area contributed by atoms with Crippen molar-refractivity contribution < 1.29 is 4.74 Å². The summed E-state index contributed by atoms with van der Waals surface area (Å²) in [5.74, 6) is 2.91. The largest absolute Gasteiger partial charge is 0.457 e. The Kier molecular flexibility index (Phi) is 7.91. The lowest BCUT2D eigenvalue weighted by Crippen LogP contribution is -2.37. The van der Waals surface area contributed by atoms with Gasteiger partial charge in [-0.05, 0) is 82.9 Å². The SMILES string of the molecule is C1=CC2c3ccccc3C3(c4ccccc4Oc4ccc(-c5cc(-c6cccc(-c7ccc(-n8c9ccccc9c9ccccc98)cc7)c6)nc(-c6ccccc6)n5)cc43)C2C=C1. The van der Waals surface area contributed by atoms with Crippen molar-refractivity contribution >= 4 is 21.8 Å². The van der Waals surface area contributed by atoms with E-state index in [2.05, 4.69) is 211 Å². The van der Waals surface area contributed by atoms with Gasteiger partial charge in [0.2, 0.25) is 0 Å². The van der Waals surface area contributed by atoms with E-state index in [0.29, 0.717) is 5.82 Å². The van der Waals surface area contributed by atoms with E-state index >= 15 is 0 Å². The zero-order chi connectivity index (χ0) is 41.5. The van der Waals surface area contributed by atoms with E-state index in [1.165, 1.54) is 38.5 Å². The van der Waals surface area contributed by atoms with Crippen molar-refractivity contribution in [2.24, 2.45) is 5.92 Å². The average molecular weight is 806 g/mol. The van der Waals surface area contributed by atoms with Gasteiger partial charge in [0.05, 0.1) is 27.8 Å². The molecular formula is C59H39N3O. The van der Waals surface area contributed by atoms with Crippen LogP contribution in [0.4, 0.5) is 0 Å². The fourth-order valence-electron chi connectivity index (χ4n) is 10.8. The fourth-order valence-corrected chi connectivity index (χ4v) is 10.8. The van der Waals surface area contributed by atoms with Crippen LogP contribution in [0.2, 0.25) is 0 Å². The monoisotopic (exact) mass is 805 g/mol. The lowest BCUT2D eigenvalue weighted by atomic mass is 9.61. The van der Waals surface area contributed by atoms with Crippen LogP contribution in [0.5, 0.6) is 11.5 Å². The lowest BCUT2D eigenvalue weighted by molar-refractivity contribution is 0.374. The molecule has 3 aliphatic rings. The molecule has 3 unspecified atom stereocenters. The van der Waals surface area contributed by atoms with Gasteiger partial charge in [0, 0.05) is 56.1 Å². The third-order valence-corrected chi connectivity index (χ3v) is 13.6. The number of allylic oxidation sites excluding steroid dienone is 4. The number of nitrogens with zero attached hydrogens (tertiary/aromatic N) is 3. The molecule has 0 fully saturated rings. The quantitative estimate of drug-likeness (QED) is 0.174. The first kappa shape index (κ1) is 35.7. The molecule has 2 aromatic heterocycles. The Hall–Kier alpha value is -8.08. The summed E-state index contributed by atoms with van der Waals surface area (Å²) in [6.07, 6.45) is 9.19. The number of fused-ring (bicyclic) bond motifs is 12. The topological polar surface area (TPSA) is 39.9 Å². The van der Waals surface area contributed by atoms with Gasteiger partial charge in [-0.25, -0.2) is 9.97 Å². The van der Waals surface area contributed by atoms with Crippen molar-refractivity contribution in [1.29, 1.82) is 0 Å². The average Bonchev–Trinajstić information content (AvgIpc) is 3.85. The second-order valence-electron chi connectivity index (χ2n) is 16.9. The Bertz CT molecular complexity index is 3450. The normalized spacial score (nSPS) is 17.9. The van der Waals surface area contributed by atoms with E-state index < -0.39 is 5.41 Å². The predicted octanol–water partition coefficient (Wildman–Crippen LogP) is 14.5. The molecule has 296 valence electrons. The van der Waals surface area contributed by atoms with E-state index in [-0.39, 0.29) is 11.8 Å². The number of rotatable bonds is 5. The smallest absolute Gasteiger partial charge is 0.160 e. The molecule has 2 aliphatic carbocycles. The highest BCUT2D eigenvalue weighted by Crippen LogP contribution is 2.64. The van der Waals surface area contributed by atoms with Crippen molar-refractivity contribution in [3.8, 4) is 62.2 Å². The predicted molar refractivity (Wildman–Crippen MR) is 255 cm³/mol. The van der Waals surface area contributed by atoms with Gasteiger partial charge in [0.15, 0.2) is 5.82 Å². The number of benzene rings is 8. The minimum Gasteiger partial charge on any atom is -0.457 e. The summed E-state index contributed by atoms with van der Waals surface area (Å²) in [4.78, 5) is 10.6.